The van der Waals surface area contributed by atoms with Crippen molar-refractivity contribution in [1.82, 2.24) is 4.90 Å². The fourth-order valence-electron chi connectivity index (χ4n) is 2.75. The third-order valence-electron chi connectivity index (χ3n) is 3.64. The number of aliphatic hydroxyl groups is 1. The minimum Gasteiger partial charge on any atom is -0.503 e. The molecule has 0 bridgehead atoms. The number of nitrogens with zero attached hydrogens (tertiary/aromatic N) is 2. The number of rotatable bonds is 5. The van der Waals surface area contributed by atoms with Gasteiger partial charge in [0.1, 0.15) is 0 Å². The van der Waals surface area contributed by atoms with Crippen molar-refractivity contribution >= 4 is 17.4 Å². The number of nitro benzene ring substituents is 1. The molecular weight excluding hydrogens is 300 g/mol. The smallest absolute Gasteiger partial charge is 0.290 e. The maximum atomic E-state index is 12.3. The predicted octanol–water partition coefficient (Wildman–Crippen LogP) is 2.54. The zero-order chi connectivity index (χ0) is 17.3. The summed E-state index contributed by atoms with van der Waals surface area (Å²) in [6.07, 6.45) is 0. The number of benzene rings is 1. The van der Waals surface area contributed by atoms with Gasteiger partial charge in [-0.3, -0.25) is 19.7 Å². The SMILES string of the molecule is CC(=O)C1=C(O)C(=O)N(CC(C)C)C1c1cccc([N+](=O)[O-])c1. The molecule has 2 rings (SSSR count). The molecule has 1 unspecified atom stereocenters. The summed E-state index contributed by atoms with van der Waals surface area (Å²) >= 11 is 0. The molecule has 1 aliphatic heterocycles. The molecule has 1 N–H and O–H groups in total. The number of amides is 1. The van der Waals surface area contributed by atoms with Crippen LogP contribution in [0.3, 0.4) is 0 Å². The van der Waals surface area contributed by atoms with E-state index >= 15 is 0 Å². The number of carbonyl (C=O) groups is 2. The summed E-state index contributed by atoms with van der Waals surface area (Å²) in [5.41, 5.74) is 0.285. The maximum Gasteiger partial charge on any atom is 0.290 e. The lowest BCUT2D eigenvalue weighted by Crippen LogP contribution is -2.34. The first kappa shape index (κ1) is 16.7. The van der Waals surface area contributed by atoms with E-state index < -0.39 is 28.4 Å². The highest BCUT2D eigenvalue weighted by atomic mass is 16.6. The highest BCUT2D eigenvalue weighted by Crippen LogP contribution is 2.38. The van der Waals surface area contributed by atoms with Crippen molar-refractivity contribution in [2.75, 3.05) is 6.54 Å². The Kier molecular flexibility index (Phi) is 4.49. The Morgan fingerprint density at radius 3 is 2.61 bits per heavy atom. The number of ketones is 1. The number of aliphatic hydroxyl groups excluding tert-OH is 1. The molecule has 0 saturated heterocycles. The number of nitro groups is 1. The second-order valence-electron chi connectivity index (χ2n) is 5.92. The molecule has 0 aromatic heterocycles. The summed E-state index contributed by atoms with van der Waals surface area (Å²) in [7, 11) is 0. The van der Waals surface area contributed by atoms with E-state index in [4.69, 9.17) is 0 Å². The predicted molar refractivity (Wildman–Crippen MR) is 82.7 cm³/mol. The van der Waals surface area contributed by atoms with Crippen molar-refractivity contribution in [2.45, 2.75) is 26.8 Å². The second-order valence-corrected chi connectivity index (χ2v) is 5.92. The summed E-state index contributed by atoms with van der Waals surface area (Å²) in [5, 5.41) is 21.0. The molecule has 1 amide bonds. The summed E-state index contributed by atoms with van der Waals surface area (Å²) in [6.45, 7) is 5.40. The largest absolute Gasteiger partial charge is 0.503 e. The first-order valence-electron chi connectivity index (χ1n) is 7.23. The minimum absolute atomic E-state index is 0.0175. The van der Waals surface area contributed by atoms with Gasteiger partial charge in [-0.15, -0.1) is 0 Å². The Balaban J connectivity index is 2.57. The maximum absolute atomic E-state index is 12.3. The lowest BCUT2D eigenvalue weighted by Gasteiger charge is -2.28. The molecule has 1 aliphatic rings. The van der Waals surface area contributed by atoms with Crippen LogP contribution in [0.15, 0.2) is 35.6 Å². The second kappa shape index (κ2) is 6.20. The van der Waals surface area contributed by atoms with Gasteiger partial charge in [0.25, 0.3) is 11.6 Å². The van der Waals surface area contributed by atoms with Crippen molar-refractivity contribution in [3.63, 3.8) is 0 Å². The van der Waals surface area contributed by atoms with Gasteiger partial charge in [-0.05, 0) is 18.4 Å². The molecule has 0 aliphatic carbocycles. The Labute approximate surface area is 133 Å². The summed E-state index contributed by atoms with van der Waals surface area (Å²) in [5.74, 6) is -1.52. The standard InChI is InChI=1S/C16H18N2O5/c1-9(2)8-17-14(13(10(3)19)15(20)16(17)21)11-5-4-6-12(7-11)18(22)23/h4-7,9,14,20H,8H2,1-3H3. The van der Waals surface area contributed by atoms with Gasteiger partial charge in [0.05, 0.1) is 16.5 Å². The highest BCUT2D eigenvalue weighted by molar-refractivity contribution is 6.08. The van der Waals surface area contributed by atoms with Crippen LogP contribution in [0.1, 0.15) is 32.4 Å². The van der Waals surface area contributed by atoms with Crippen LogP contribution < -0.4 is 0 Å². The van der Waals surface area contributed by atoms with Crippen molar-refractivity contribution in [2.24, 2.45) is 5.92 Å². The molecular formula is C16H18N2O5. The fourth-order valence-corrected chi connectivity index (χ4v) is 2.75. The Bertz CT molecular complexity index is 708. The van der Waals surface area contributed by atoms with Gasteiger partial charge in [0.2, 0.25) is 0 Å². The van der Waals surface area contributed by atoms with Crippen LogP contribution in [-0.2, 0) is 9.59 Å². The van der Waals surface area contributed by atoms with E-state index in [0.717, 1.165) is 0 Å². The van der Waals surface area contributed by atoms with E-state index in [2.05, 4.69) is 0 Å². The number of carbonyl (C=O) groups excluding carboxylic acids is 2. The van der Waals surface area contributed by atoms with Gasteiger partial charge in [-0.1, -0.05) is 26.0 Å². The molecule has 7 nitrogen and oxygen atoms in total. The Hall–Kier alpha value is -2.70. The molecule has 0 saturated carbocycles. The Morgan fingerprint density at radius 2 is 2.09 bits per heavy atom. The van der Waals surface area contributed by atoms with E-state index in [-0.39, 0.29) is 17.2 Å². The van der Waals surface area contributed by atoms with E-state index in [1.165, 1.54) is 30.0 Å². The van der Waals surface area contributed by atoms with Gasteiger partial charge in [-0.25, -0.2) is 0 Å². The number of hydrogen-bond acceptors (Lipinski definition) is 5. The minimum atomic E-state index is -0.803. The third kappa shape index (κ3) is 3.08. The average Bonchev–Trinajstić information content (AvgIpc) is 2.71. The van der Waals surface area contributed by atoms with Crippen molar-refractivity contribution < 1.29 is 19.6 Å². The molecule has 1 aromatic carbocycles. The van der Waals surface area contributed by atoms with Crippen LogP contribution >= 0.6 is 0 Å². The van der Waals surface area contributed by atoms with Crippen LogP contribution in [0.2, 0.25) is 0 Å². The van der Waals surface area contributed by atoms with Crippen LogP contribution in [0.5, 0.6) is 0 Å². The summed E-state index contributed by atoms with van der Waals surface area (Å²) in [4.78, 5) is 36.0. The van der Waals surface area contributed by atoms with Crippen molar-refractivity contribution in [3.05, 3.63) is 51.3 Å². The van der Waals surface area contributed by atoms with Gasteiger partial charge >= 0.3 is 0 Å². The molecule has 1 heterocycles. The molecule has 7 heteroatoms. The molecule has 1 atom stereocenters. The van der Waals surface area contributed by atoms with E-state index in [0.29, 0.717) is 12.1 Å². The van der Waals surface area contributed by atoms with Gasteiger partial charge < -0.3 is 10.0 Å². The number of hydrogen-bond donors (Lipinski definition) is 1. The zero-order valence-electron chi connectivity index (χ0n) is 13.1. The quantitative estimate of drug-likeness (QED) is 0.664. The third-order valence-corrected chi connectivity index (χ3v) is 3.64. The first-order chi connectivity index (χ1) is 10.7. The van der Waals surface area contributed by atoms with Crippen LogP contribution in [0.25, 0.3) is 0 Å². The average molecular weight is 318 g/mol. The van der Waals surface area contributed by atoms with E-state index in [9.17, 15) is 24.8 Å². The Morgan fingerprint density at radius 1 is 1.43 bits per heavy atom. The lowest BCUT2D eigenvalue weighted by atomic mass is 9.96. The fraction of sp³-hybridized carbons (Fsp3) is 0.375. The van der Waals surface area contributed by atoms with Crippen LogP contribution in [0, 0.1) is 16.0 Å². The topological polar surface area (TPSA) is 101 Å². The molecule has 0 fully saturated rings. The summed E-state index contributed by atoms with van der Waals surface area (Å²) < 4.78 is 0. The number of Topliss-reactive ketones (excluding diaryl/α,β-unsaturated/α-hetero) is 1. The van der Waals surface area contributed by atoms with E-state index in [1.54, 1.807) is 6.07 Å². The van der Waals surface area contributed by atoms with Crippen LogP contribution in [0.4, 0.5) is 5.69 Å². The van der Waals surface area contributed by atoms with Gasteiger partial charge in [0.15, 0.2) is 11.5 Å². The van der Waals surface area contributed by atoms with Crippen molar-refractivity contribution in [3.8, 4) is 0 Å². The summed E-state index contributed by atoms with van der Waals surface area (Å²) in [6, 6.07) is 4.97. The van der Waals surface area contributed by atoms with Gasteiger partial charge in [0, 0.05) is 18.7 Å². The lowest BCUT2D eigenvalue weighted by molar-refractivity contribution is -0.384. The van der Waals surface area contributed by atoms with Crippen LogP contribution in [-0.4, -0.2) is 33.2 Å². The zero-order valence-corrected chi connectivity index (χ0v) is 13.1. The first-order valence-corrected chi connectivity index (χ1v) is 7.23. The van der Waals surface area contributed by atoms with E-state index in [1.807, 2.05) is 13.8 Å². The normalized spacial score (nSPS) is 18.0. The number of non-ortho nitro benzene ring substituents is 1. The van der Waals surface area contributed by atoms with Crippen molar-refractivity contribution in [1.29, 1.82) is 0 Å². The molecule has 1 aromatic rings. The molecule has 23 heavy (non-hydrogen) atoms. The van der Waals surface area contributed by atoms with Gasteiger partial charge in [-0.2, -0.15) is 0 Å². The molecule has 0 spiro atoms. The monoisotopic (exact) mass is 318 g/mol. The molecule has 0 radical (unpaired) electrons. The highest BCUT2D eigenvalue weighted by Gasteiger charge is 2.42. The molecule has 122 valence electrons.